The zero-order valence-electron chi connectivity index (χ0n) is 13.1. The van der Waals surface area contributed by atoms with E-state index in [2.05, 4.69) is 5.32 Å². The van der Waals surface area contributed by atoms with Gasteiger partial charge in [0.05, 0.1) is 0 Å². The van der Waals surface area contributed by atoms with Gasteiger partial charge in [-0.3, -0.25) is 4.79 Å². The van der Waals surface area contributed by atoms with Crippen LogP contribution in [0.5, 0.6) is 5.75 Å². The van der Waals surface area contributed by atoms with Gasteiger partial charge in [-0.05, 0) is 40.2 Å². The number of hydrogen-bond donors (Lipinski definition) is 2. The van der Waals surface area contributed by atoms with Crippen LogP contribution in [0.3, 0.4) is 0 Å². The first-order valence-electron chi connectivity index (χ1n) is 7.07. The summed E-state index contributed by atoms with van der Waals surface area (Å²) in [6.45, 7) is 9.60. The van der Waals surface area contributed by atoms with E-state index in [-0.39, 0.29) is 17.5 Å². The lowest BCUT2D eigenvalue weighted by atomic mass is 10.0. The van der Waals surface area contributed by atoms with Gasteiger partial charge in [0.15, 0.2) is 6.10 Å². The highest BCUT2D eigenvalue weighted by Crippen LogP contribution is 2.26. The van der Waals surface area contributed by atoms with Crippen LogP contribution in [0.1, 0.15) is 52.6 Å². The molecule has 0 fully saturated rings. The molecule has 0 bridgehead atoms. The molecule has 0 aromatic heterocycles. The molecule has 1 aromatic carbocycles. The van der Waals surface area contributed by atoms with Gasteiger partial charge in [-0.2, -0.15) is 0 Å². The Hall–Kier alpha value is -1.55. The number of para-hydroxylation sites is 1. The number of nitrogens with one attached hydrogen (secondary N) is 1. The van der Waals surface area contributed by atoms with E-state index in [1.807, 2.05) is 52.0 Å². The highest BCUT2D eigenvalue weighted by molar-refractivity contribution is 5.81. The third-order valence-corrected chi connectivity index (χ3v) is 2.93. The van der Waals surface area contributed by atoms with E-state index in [0.29, 0.717) is 5.75 Å². The van der Waals surface area contributed by atoms with E-state index in [0.717, 1.165) is 12.0 Å². The van der Waals surface area contributed by atoms with E-state index >= 15 is 0 Å². The second kappa shape index (κ2) is 6.75. The summed E-state index contributed by atoms with van der Waals surface area (Å²) >= 11 is 0. The second-order valence-electron chi connectivity index (χ2n) is 6.05. The van der Waals surface area contributed by atoms with Crippen molar-refractivity contribution in [3.8, 4) is 5.75 Å². The molecule has 0 radical (unpaired) electrons. The lowest BCUT2D eigenvalue weighted by Crippen LogP contribution is -2.46. The Morgan fingerprint density at radius 3 is 2.50 bits per heavy atom. The van der Waals surface area contributed by atoms with E-state index in [9.17, 15) is 4.79 Å². The quantitative estimate of drug-likeness (QED) is 0.870. The van der Waals surface area contributed by atoms with Crippen LogP contribution in [0.15, 0.2) is 24.3 Å². The molecule has 1 unspecified atom stereocenters. The molecule has 0 saturated heterocycles. The van der Waals surface area contributed by atoms with Crippen LogP contribution < -0.4 is 15.8 Å². The van der Waals surface area contributed by atoms with Crippen molar-refractivity contribution in [1.82, 2.24) is 5.32 Å². The van der Waals surface area contributed by atoms with Gasteiger partial charge in [0, 0.05) is 17.1 Å². The summed E-state index contributed by atoms with van der Waals surface area (Å²) in [5, 5.41) is 2.91. The molecule has 2 atom stereocenters. The average molecular weight is 278 g/mol. The minimum Gasteiger partial charge on any atom is -0.481 e. The fourth-order valence-corrected chi connectivity index (χ4v) is 1.83. The molecule has 0 saturated carbocycles. The second-order valence-corrected chi connectivity index (χ2v) is 6.05. The van der Waals surface area contributed by atoms with Crippen molar-refractivity contribution in [2.75, 3.05) is 0 Å². The Morgan fingerprint density at radius 2 is 1.95 bits per heavy atom. The standard InChI is InChI=1S/C16H26N2O2/c1-6-13(17)12-9-7-8-10-14(12)20-11(2)15(19)18-16(3,4)5/h7-11,13H,6,17H2,1-5H3,(H,18,19)/t11?,13-/m0/s1. The molecule has 4 nitrogen and oxygen atoms in total. The fraction of sp³-hybridized carbons (Fsp3) is 0.562. The molecule has 1 amide bonds. The zero-order valence-corrected chi connectivity index (χ0v) is 13.1. The lowest BCUT2D eigenvalue weighted by molar-refractivity contribution is -0.128. The fourth-order valence-electron chi connectivity index (χ4n) is 1.83. The molecule has 4 heteroatoms. The normalized spacial score (nSPS) is 14.5. The van der Waals surface area contributed by atoms with Gasteiger partial charge in [-0.25, -0.2) is 0 Å². The number of carbonyl (C=O) groups is 1. The van der Waals surface area contributed by atoms with Crippen LogP contribution in [0.2, 0.25) is 0 Å². The minimum atomic E-state index is -0.556. The Balaban J connectivity index is 2.80. The summed E-state index contributed by atoms with van der Waals surface area (Å²) in [7, 11) is 0. The topological polar surface area (TPSA) is 64.3 Å². The molecule has 0 aliphatic rings. The van der Waals surface area contributed by atoms with Gasteiger partial charge < -0.3 is 15.8 Å². The Kier molecular flexibility index (Phi) is 5.57. The van der Waals surface area contributed by atoms with Crippen molar-refractivity contribution in [1.29, 1.82) is 0 Å². The average Bonchev–Trinajstić information content (AvgIpc) is 2.36. The molecule has 0 spiro atoms. The maximum Gasteiger partial charge on any atom is 0.261 e. The van der Waals surface area contributed by atoms with Gasteiger partial charge in [-0.15, -0.1) is 0 Å². The molecule has 1 aromatic rings. The van der Waals surface area contributed by atoms with Crippen molar-refractivity contribution in [2.24, 2.45) is 5.73 Å². The predicted molar refractivity (Wildman–Crippen MR) is 81.6 cm³/mol. The predicted octanol–water partition coefficient (Wildman–Crippen LogP) is 2.78. The molecule has 0 aliphatic carbocycles. The molecular weight excluding hydrogens is 252 g/mol. The number of hydrogen-bond acceptors (Lipinski definition) is 3. The van der Waals surface area contributed by atoms with Crippen molar-refractivity contribution in [2.45, 2.75) is 58.7 Å². The van der Waals surface area contributed by atoms with Crippen LogP contribution in [0, 0.1) is 0 Å². The highest BCUT2D eigenvalue weighted by atomic mass is 16.5. The third kappa shape index (κ3) is 4.85. The van der Waals surface area contributed by atoms with Gasteiger partial charge in [-0.1, -0.05) is 25.1 Å². The molecule has 0 heterocycles. The first-order valence-corrected chi connectivity index (χ1v) is 7.07. The van der Waals surface area contributed by atoms with Crippen LogP contribution in [0.25, 0.3) is 0 Å². The van der Waals surface area contributed by atoms with Crippen LogP contribution in [0.4, 0.5) is 0 Å². The third-order valence-electron chi connectivity index (χ3n) is 2.93. The maximum absolute atomic E-state index is 12.0. The largest absolute Gasteiger partial charge is 0.481 e. The number of ether oxygens (including phenoxy) is 1. The van der Waals surface area contributed by atoms with E-state index in [4.69, 9.17) is 10.5 Å². The minimum absolute atomic E-state index is 0.0796. The molecular formula is C16H26N2O2. The lowest BCUT2D eigenvalue weighted by Gasteiger charge is -2.24. The summed E-state index contributed by atoms with van der Waals surface area (Å²) in [5.41, 5.74) is 6.73. The summed E-state index contributed by atoms with van der Waals surface area (Å²) in [5.74, 6) is 0.552. The number of carbonyl (C=O) groups excluding carboxylic acids is 1. The summed E-state index contributed by atoms with van der Waals surface area (Å²) in [6, 6.07) is 7.53. The highest BCUT2D eigenvalue weighted by Gasteiger charge is 2.21. The van der Waals surface area contributed by atoms with E-state index in [1.165, 1.54) is 0 Å². The number of nitrogens with two attached hydrogens (primary N) is 1. The zero-order chi connectivity index (χ0) is 15.3. The Labute approximate surface area is 121 Å². The van der Waals surface area contributed by atoms with E-state index < -0.39 is 6.10 Å². The van der Waals surface area contributed by atoms with Gasteiger partial charge in [0.25, 0.3) is 5.91 Å². The van der Waals surface area contributed by atoms with Crippen LogP contribution in [-0.4, -0.2) is 17.6 Å². The Bertz CT molecular complexity index is 452. The van der Waals surface area contributed by atoms with Crippen molar-refractivity contribution in [3.63, 3.8) is 0 Å². The van der Waals surface area contributed by atoms with Gasteiger partial charge >= 0.3 is 0 Å². The van der Waals surface area contributed by atoms with Crippen LogP contribution >= 0.6 is 0 Å². The number of rotatable bonds is 5. The van der Waals surface area contributed by atoms with Gasteiger partial charge in [0.1, 0.15) is 5.75 Å². The summed E-state index contributed by atoms with van der Waals surface area (Å²) in [6.07, 6.45) is 0.266. The van der Waals surface area contributed by atoms with Crippen LogP contribution in [-0.2, 0) is 4.79 Å². The number of benzene rings is 1. The summed E-state index contributed by atoms with van der Waals surface area (Å²) in [4.78, 5) is 12.0. The van der Waals surface area contributed by atoms with Crippen molar-refractivity contribution in [3.05, 3.63) is 29.8 Å². The van der Waals surface area contributed by atoms with Crippen molar-refractivity contribution >= 4 is 5.91 Å². The SMILES string of the molecule is CC[C@H](N)c1ccccc1OC(C)C(=O)NC(C)(C)C. The summed E-state index contributed by atoms with van der Waals surface area (Å²) < 4.78 is 5.78. The maximum atomic E-state index is 12.0. The van der Waals surface area contributed by atoms with Gasteiger partial charge in [0.2, 0.25) is 0 Å². The molecule has 1 rings (SSSR count). The monoisotopic (exact) mass is 278 g/mol. The number of amides is 1. The molecule has 0 aliphatic heterocycles. The molecule has 20 heavy (non-hydrogen) atoms. The first-order chi connectivity index (χ1) is 9.24. The smallest absolute Gasteiger partial charge is 0.261 e. The van der Waals surface area contributed by atoms with E-state index in [1.54, 1.807) is 6.92 Å². The Morgan fingerprint density at radius 1 is 1.35 bits per heavy atom. The first kappa shape index (κ1) is 16.5. The van der Waals surface area contributed by atoms with Crippen molar-refractivity contribution < 1.29 is 9.53 Å². The molecule has 3 N–H and O–H groups in total. The molecule has 112 valence electrons.